The predicted molar refractivity (Wildman–Crippen MR) is 122 cm³/mol. The van der Waals surface area contributed by atoms with Crippen LogP contribution in [0.2, 0.25) is 0 Å². The summed E-state index contributed by atoms with van der Waals surface area (Å²) in [6, 6.07) is 13.0. The summed E-state index contributed by atoms with van der Waals surface area (Å²) in [6.45, 7) is 0. The maximum Gasteiger partial charge on any atom is 0.132 e. The van der Waals surface area contributed by atoms with Gasteiger partial charge in [0.1, 0.15) is 11.5 Å². The number of hydrogen-bond donors (Lipinski definition) is 0. The quantitative estimate of drug-likeness (QED) is 0.238. The van der Waals surface area contributed by atoms with E-state index in [0.717, 1.165) is 24.3 Å². The molecule has 0 bridgehead atoms. The van der Waals surface area contributed by atoms with Gasteiger partial charge < -0.3 is 9.47 Å². The van der Waals surface area contributed by atoms with Crippen molar-refractivity contribution in [1.82, 2.24) is 0 Å². The van der Waals surface area contributed by atoms with Crippen molar-refractivity contribution < 1.29 is 9.47 Å². The van der Waals surface area contributed by atoms with Gasteiger partial charge in [0, 0.05) is 0 Å². The topological polar surface area (TPSA) is 18.5 Å². The van der Waals surface area contributed by atoms with Crippen molar-refractivity contribution in [3.63, 3.8) is 0 Å². The fraction of sp³-hybridized carbons (Fsp3) is 0.429. The van der Waals surface area contributed by atoms with Gasteiger partial charge in [-0.3, -0.25) is 0 Å². The zero-order valence-electron chi connectivity index (χ0n) is 15.0. The van der Waals surface area contributed by atoms with Gasteiger partial charge in [0.05, 0.1) is 21.4 Å². The van der Waals surface area contributed by atoms with Crippen LogP contribution in [0.3, 0.4) is 0 Å². The van der Waals surface area contributed by atoms with E-state index >= 15 is 0 Å². The predicted octanol–water partition coefficient (Wildman–Crippen LogP) is 6.65. The Kier molecular flexibility index (Phi) is 9.37. The third kappa shape index (κ3) is 6.96. The number of rotatable bonds is 10. The van der Waals surface area contributed by atoms with Gasteiger partial charge in [0.15, 0.2) is 0 Å². The molecule has 2 aromatic rings. The van der Waals surface area contributed by atoms with E-state index in [1.807, 2.05) is 0 Å². The molecule has 0 aliphatic carbocycles. The molecular formula is C21H26I2O2. The lowest BCUT2D eigenvalue weighted by Gasteiger charge is -2.07. The van der Waals surface area contributed by atoms with Gasteiger partial charge in [0.2, 0.25) is 0 Å². The highest BCUT2D eigenvalue weighted by atomic mass is 127. The minimum Gasteiger partial charge on any atom is -0.496 e. The van der Waals surface area contributed by atoms with Crippen LogP contribution in [0, 0.1) is 7.14 Å². The van der Waals surface area contributed by atoms with Crippen LogP contribution in [0.15, 0.2) is 36.4 Å². The number of hydrogen-bond acceptors (Lipinski definition) is 2. The fourth-order valence-electron chi connectivity index (χ4n) is 2.92. The van der Waals surface area contributed by atoms with Crippen LogP contribution in [0.1, 0.15) is 43.2 Å². The number of methoxy groups -OCH3 is 2. The highest BCUT2D eigenvalue weighted by Gasteiger charge is 2.03. The average Bonchev–Trinajstić information content (AvgIpc) is 2.61. The van der Waals surface area contributed by atoms with Crippen molar-refractivity contribution in [2.45, 2.75) is 44.9 Å². The molecule has 0 aliphatic heterocycles. The van der Waals surface area contributed by atoms with Crippen molar-refractivity contribution in [1.29, 1.82) is 0 Å². The SMILES string of the molecule is COc1ccc(CCCCCCCc2ccc(OC)c(I)c2)cc1I. The fourth-order valence-corrected chi connectivity index (χ4v) is 4.52. The van der Waals surface area contributed by atoms with E-state index < -0.39 is 0 Å². The number of aryl methyl sites for hydroxylation is 2. The summed E-state index contributed by atoms with van der Waals surface area (Å²) < 4.78 is 13.0. The van der Waals surface area contributed by atoms with E-state index in [-0.39, 0.29) is 0 Å². The van der Waals surface area contributed by atoms with E-state index in [0.29, 0.717) is 0 Å². The number of benzene rings is 2. The summed E-state index contributed by atoms with van der Waals surface area (Å²) in [4.78, 5) is 0. The smallest absolute Gasteiger partial charge is 0.132 e. The van der Waals surface area contributed by atoms with Gasteiger partial charge in [-0.25, -0.2) is 0 Å². The van der Waals surface area contributed by atoms with Gasteiger partial charge in [-0.05, 0) is 106 Å². The van der Waals surface area contributed by atoms with Crippen LogP contribution in [0.5, 0.6) is 11.5 Å². The molecular weight excluding hydrogens is 538 g/mol. The van der Waals surface area contributed by atoms with E-state index in [2.05, 4.69) is 81.6 Å². The molecule has 0 saturated carbocycles. The largest absolute Gasteiger partial charge is 0.496 e. The van der Waals surface area contributed by atoms with E-state index in [9.17, 15) is 0 Å². The van der Waals surface area contributed by atoms with Gasteiger partial charge in [-0.1, -0.05) is 31.4 Å². The molecule has 0 aromatic heterocycles. The standard InChI is InChI=1S/C21H26I2O2/c1-24-20-12-10-16(14-18(20)22)8-6-4-3-5-7-9-17-11-13-21(25-2)19(23)15-17/h10-15H,3-9H2,1-2H3. The van der Waals surface area contributed by atoms with Gasteiger partial charge in [0.25, 0.3) is 0 Å². The third-order valence-electron chi connectivity index (χ3n) is 4.36. The first-order valence-corrected chi connectivity index (χ1v) is 10.9. The Balaban J connectivity index is 1.60. The molecule has 2 nitrogen and oxygen atoms in total. The highest BCUT2D eigenvalue weighted by molar-refractivity contribution is 14.1. The van der Waals surface area contributed by atoms with Crippen molar-refractivity contribution in [3.05, 3.63) is 54.7 Å². The number of unbranched alkanes of at least 4 members (excludes halogenated alkanes) is 4. The Morgan fingerprint density at radius 3 is 1.40 bits per heavy atom. The third-order valence-corrected chi connectivity index (χ3v) is 6.05. The molecule has 0 atom stereocenters. The summed E-state index contributed by atoms with van der Waals surface area (Å²) in [5, 5.41) is 0. The molecule has 4 heteroatoms. The summed E-state index contributed by atoms with van der Waals surface area (Å²) in [5.41, 5.74) is 2.83. The zero-order valence-corrected chi connectivity index (χ0v) is 19.3. The lowest BCUT2D eigenvalue weighted by Crippen LogP contribution is -1.92. The molecule has 0 N–H and O–H groups in total. The van der Waals surface area contributed by atoms with Gasteiger partial charge in [-0.15, -0.1) is 0 Å². The monoisotopic (exact) mass is 564 g/mol. The molecule has 25 heavy (non-hydrogen) atoms. The van der Waals surface area contributed by atoms with Crippen molar-refractivity contribution >= 4 is 45.2 Å². The van der Waals surface area contributed by atoms with E-state index in [1.165, 1.54) is 50.4 Å². The maximum atomic E-state index is 5.31. The first-order valence-electron chi connectivity index (χ1n) is 8.79. The Morgan fingerprint density at radius 2 is 1.04 bits per heavy atom. The first-order chi connectivity index (χ1) is 12.1. The second-order valence-electron chi connectivity index (χ2n) is 6.21. The molecule has 0 fully saturated rings. The second kappa shape index (κ2) is 11.3. The molecule has 0 amide bonds. The molecule has 0 aliphatic rings. The Morgan fingerprint density at radius 1 is 0.640 bits per heavy atom. The molecule has 0 saturated heterocycles. The van der Waals surface area contributed by atoms with Crippen LogP contribution in [-0.2, 0) is 12.8 Å². The second-order valence-corrected chi connectivity index (χ2v) is 8.53. The molecule has 2 aromatic carbocycles. The molecule has 2 rings (SSSR count). The minimum atomic E-state index is 0.970. The van der Waals surface area contributed by atoms with Gasteiger partial charge >= 0.3 is 0 Å². The lowest BCUT2D eigenvalue weighted by molar-refractivity contribution is 0.411. The van der Waals surface area contributed by atoms with E-state index in [1.54, 1.807) is 14.2 Å². The highest BCUT2D eigenvalue weighted by Crippen LogP contribution is 2.24. The molecule has 0 heterocycles. The normalized spacial score (nSPS) is 10.7. The van der Waals surface area contributed by atoms with Crippen LogP contribution in [-0.4, -0.2) is 14.2 Å². The number of halogens is 2. The van der Waals surface area contributed by atoms with Crippen molar-refractivity contribution in [3.8, 4) is 11.5 Å². The molecule has 0 spiro atoms. The Hall–Kier alpha value is -0.500. The molecule has 0 unspecified atom stereocenters. The Bertz CT molecular complexity index is 613. The summed E-state index contributed by atoms with van der Waals surface area (Å²) >= 11 is 4.69. The van der Waals surface area contributed by atoms with Crippen molar-refractivity contribution in [2.75, 3.05) is 14.2 Å². The Labute approximate surface area is 179 Å². The summed E-state index contributed by atoms with van der Waals surface area (Å²) in [5.74, 6) is 1.94. The summed E-state index contributed by atoms with van der Waals surface area (Å²) in [7, 11) is 3.45. The number of ether oxygens (including phenoxy) is 2. The lowest BCUT2D eigenvalue weighted by atomic mass is 10.0. The van der Waals surface area contributed by atoms with Crippen LogP contribution in [0.25, 0.3) is 0 Å². The minimum absolute atomic E-state index is 0.970. The van der Waals surface area contributed by atoms with Gasteiger partial charge in [-0.2, -0.15) is 0 Å². The average molecular weight is 564 g/mol. The van der Waals surface area contributed by atoms with Crippen LogP contribution < -0.4 is 9.47 Å². The zero-order chi connectivity index (χ0) is 18.1. The summed E-state index contributed by atoms with van der Waals surface area (Å²) in [6.07, 6.45) is 8.80. The maximum absolute atomic E-state index is 5.31. The first kappa shape index (κ1) is 20.8. The molecule has 0 radical (unpaired) electrons. The van der Waals surface area contributed by atoms with Crippen LogP contribution >= 0.6 is 45.2 Å². The van der Waals surface area contributed by atoms with Crippen LogP contribution in [0.4, 0.5) is 0 Å². The van der Waals surface area contributed by atoms with E-state index in [4.69, 9.17) is 9.47 Å². The van der Waals surface area contributed by atoms with Crippen molar-refractivity contribution in [2.24, 2.45) is 0 Å². The molecule has 136 valence electrons.